The molecule has 1 unspecified atom stereocenters. The molecule has 2 fully saturated rings. The minimum absolute atomic E-state index is 0.135. The number of carbonyl (C=O) groups is 2. The van der Waals surface area contributed by atoms with Crippen molar-refractivity contribution in [3.8, 4) is 0 Å². The van der Waals surface area contributed by atoms with E-state index >= 15 is 0 Å². The maximum atomic E-state index is 12.1. The lowest BCUT2D eigenvalue weighted by Gasteiger charge is -2.40. The molecule has 0 aliphatic carbocycles. The molecule has 5 heteroatoms. The first-order chi connectivity index (χ1) is 11.1. The Morgan fingerprint density at radius 2 is 1.89 bits per heavy atom. The predicted octanol–water partition coefficient (Wildman–Crippen LogP) is 1.03. The van der Waals surface area contributed by atoms with Gasteiger partial charge in [0.1, 0.15) is 11.8 Å². The zero-order valence-corrected chi connectivity index (χ0v) is 11.9. The molecule has 0 amide bonds. The van der Waals surface area contributed by atoms with Crippen LogP contribution in [0.4, 0.5) is 0 Å². The first-order valence-corrected chi connectivity index (χ1v) is 7.14. The third-order valence-corrected chi connectivity index (χ3v) is 4.40. The van der Waals surface area contributed by atoms with E-state index in [0.29, 0.717) is 37.6 Å². The number of piperidine rings is 2. The number of hydrogen-bond acceptors (Lipinski definition) is 5. The Labute approximate surface area is 121 Å². The molecule has 0 bridgehead atoms. The van der Waals surface area contributed by atoms with Crippen molar-refractivity contribution in [1.82, 2.24) is 9.80 Å². The third-order valence-electron chi connectivity index (χ3n) is 4.40. The van der Waals surface area contributed by atoms with E-state index in [-0.39, 0.29) is 12.0 Å². The summed E-state index contributed by atoms with van der Waals surface area (Å²) in [5.74, 6) is 0.531. The predicted molar refractivity (Wildman–Crippen MR) is 76.1 cm³/mol. The zero-order chi connectivity index (χ0) is 17.8. The standard InChI is InChI=1S/C14H24N2O3.2H2/c1-15-7-3-11(4-8-15)13(14(18)19-2)16-9-5-12(17)6-10-16;;/h11,13H,3-10H2,1-2H3;2*1H/i;2*1+1D. The smallest absolute Gasteiger partial charge is 0.323 e. The monoisotopic (exact) mass is 276 g/mol. The summed E-state index contributed by atoms with van der Waals surface area (Å²) in [7, 11) is 3.57. The Morgan fingerprint density at radius 3 is 2.42 bits per heavy atom. The van der Waals surface area contributed by atoms with Crippen LogP contribution in [-0.4, -0.2) is 67.9 Å². The van der Waals surface area contributed by atoms with E-state index in [4.69, 9.17) is 10.7 Å². The van der Waals surface area contributed by atoms with Gasteiger partial charge in [-0.1, -0.05) is 0 Å². The lowest BCUT2D eigenvalue weighted by molar-refractivity contribution is -0.151. The number of ketones is 1. The number of carbonyl (C=O) groups excluding carboxylic acids is 2. The van der Waals surface area contributed by atoms with E-state index in [9.17, 15) is 9.59 Å². The van der Waals surface area contributed by atoms with Gasteiger partial charge in [-0.05, 0) is 38.9 Å². The van der Waals surface area contributed by atoms with Crippen LogP contribution in [0.3, 0.4) is 0 Å². The zero-order valence-electron chi connectivity index (χ0n) is 15.9. The normalized spacial score (nSPS) is 26.1. The van der Waals surface area contributed by atoms with Crippen LogP contribution in [0.2, 0.25) is 0 Å². The first-order valence-electron chi connectivity index (χ1n) is 9.14. The van der Waals surface area contributed by atoms with Crippen LogP contribution in [0.5, 0.6) is 0 Å². The van der Waals surface area contributed by atoms with Crippen molar-refractivity contribution in [1.29, 1.82) is 0 Å². The largest absolute Gasteiger partial charge is 0.468 e. The van der Waals surface area contributed by atoms with Crippen molar-refractivity contribution in [2.24, 2.45) is 5.92 Å². The molecule has 112 valence electrons. The van der Waals surface area contributed by atoms with Crippen LogP contribution in [0.15, 0.2) is 0 Å². The molecule has 1 atom stereocenters. The Bertz CT molecular complexity index is 343. The highest BCUT2D eigenvalue weighted by Gasteiger charge is 2.37. The molecule has 0 N–H and O–H groups in total. The second-order valence-electron chi connectivity index (χ2n) is 5.68. The van der Waals surface area contributed by atoms with Gasteiger partial charge in [0.05, 0.1) is 7.11 Å². The topological polar surface area (TPSA) is 49.9 Å². The average molecular weight is 276 g/mol. The minimum Gasteiger partial charge on any atom is -0.468 e. The van der Waals surface area contributed by atoms with Gasteiger partial charge in [0.25, 0.3) is 0 Å². The number of methoxy groups -OCH3 is 1. The number of rotatable bonds is 3. The summed E-state index contributed by atoms with van der Waals surface area (Å²) in [6.45, 7) is 3.46. The molecule has 5 nitrogen and oxygen atoms in total. The summed E-state index contributed by atoms with van der Waals surface area (Å²) in [4.78, 5) is 27.9. The molecule has 2 saturated heterocycles. The average Bonchev–Trinajstić information content (AvgIpc) is 2.62. The SMILES string of the molecule is COC(=O)C(C1CCN(C)CC1)N1CCC(=O)CC1.[2H][2H].[2H][2H]. The van der Waals surface area contributed by atoms with Crippen LogP contribution in [0.25, 0.3) is 0 Å². The Hall–Kier alpha value is -0.940. The highest BCUT2D eigenvalue weighted by Crippen LogP contribution is 2.26. The number of likely N-dealkylation sites (tertiary alicyclic amines) is 2. The maximum Gasteiger partial charge on any atom is 0.323 e. The molecule has 19 heavy (non-hydrogen) atoms. The summed E-state index contributed by atoms with van der Waals surface area (Å²) in [5, 5.41) is 0. The van der Waals surface area contributed by atoms with Gasteiger partial charge < -0.3 is 9.64 Å². The van der Waals surface area contributed by atoms with Gasteiger partial charge in [0.2, 0.25) is 0 Å². The number of ether oxygens (including phenoxy) is 1. The van der Waals surface area contributed by atoms with E-state index in [2.05, 4.69) is 16.8 Å². The molecule has 0 spiro atoms. The number of Topliss-reactive ketones (excluding diaryl/α,β-unsaturated/α-hetero) is 1. The van der Waals surface area contributed by atoms with Crippen molar-refractivity contribution in [3.05, 3.63) is 0 Å². The lowest BCUT2D eigenvalue weighted by Crippen LogP contribution is -2.52. The van der Waals surface area contributed by atoms with Crippen molar-refractivity contribution in [2.45, 2.75) is 31.7 Å². The van der Waals surface area contributed by atoms with Crippen LogP contribution in [-0.2, 0) is 14.3 Å². The van der Waals surface area contributed by atoms with Crippen LogP contribution < -0.4 is 0 Å². The summed E-state index contributed by atoms with van der Waals surface area (Å²) in [6.07, 6.45) is 3.20. The third kappa shape index (κ3) is 3.54. The molecule has 2 heterocycles. The van der Waals surface area contributed by atoms with Crippen LogP contribution in [0.1, 0.15) is 31.6 Å². The van der Waals surface area contributed by atoms with E-state index in [1.165, 1.54) is 7.11 Å². The van der Waals surface area contributed by atoms with Crippen molar-refractivity contribution in [2.75, 3.05) is 40.3 Å². The molecule has 0 aromatic heterocycles. The molecular weight excluding hydrogens is 244 g/mol. The summed E-state index contributed by atoms with van der Waals surface area (Å²) < 4.78 is 25.0. The molecule has 0 aromatic carbocycles. The molecule has 2 aliphatic rings. The number of nitrogens with zero attached hydrogens (tertiary/aromatic N) is 2. The van der Waals surface area contributed by atoms with Gasteiger partial charge in [-0.15, -0.1) is 0 Å². The van der Waals surface area contributed by atoms with E-state index in [1.807, 2.05) is 0 Å². The van der Waals surface area contributed by atoms with Crippen LogP contribution >= 0.6 is 0 Å². The van der Waals surface area contributed by atoms with Gasteiger partial charge in [-0.2, -0.15) is 0 Å². The highest BCUT2D eigenvalue weighted by molar-refractivity contribution is 5.80. The molecule has 0 aromatic rings. The molecule has 0 radical (unpaired) electrons. The van der Waals surface area contributed by atoms with E-state index < -0.39 is 0 Å². The lowest BCUT2D eigenvalue weighted by atomic mass is 9.87. The highest BCUT2D eigenvalue weighted by atomic mass is 16.5. The van der Waals surface area contributed by atoms with Crippen molar-refractivity contribution >= 4 is 11.8 Å². The summed E-state index contributed by atoms with van der Waals surface area (Å²) >= 11 is 0. The van der Waals surface area contributed by atoms with E-state index in [0.717, 1.165) is 25.9 Å². The molecule has 2 aliphatic heterocycles. The van der Waals surface area contributed by atoms with Gasteiger partial charge in [0, 0.05) is 31.9 Å². The minimum atomic E-state index is -0.160. The second kappa shape index (κ2) is 6.48. The van der Waals surface area contributed by atoms with Crippen molar-refractivity contribution in [3.63, 3.8) is 0 Å². The van der Waals surface area contributed by atoms with Crippen LogP contribution in [0, 0.1) is 5.92 Å². The fourth-order valence-corrected chi connectivity index (χ4v) is 3.16. The van der Waals surface area contributed by atoms with E-state index in [1.54, 1.807) is 0 Å². The molecular formula is C14H28N2O3. The first kappa shape index (κ1) is 11.9. The quantitative estimate of drug-likeness (QED) is 0.721. The summed E-state index contributed by atoms with van der Waals surface area (Å²) in [6, 6.07) is -0.160. The Kier molecular flexibility index (Phi) is 4.04. The van der Waals surface area contributed by atoms with Gasteiger partial charge in [-0.3, -0.25) is 14.5 Å². The van der Waals surface area contributed by atoms with Gasteiger partial charge in [0.15, 0.2) is 0 Å². The fourth-order valence-electron chi connectivity index (χ4n) is 3.16. The van der Waals surface area contributed by atoms with Gasteiger partial charge >= 0.3 is 5.97 Å². The fraction of sp³-hybridized carbons (Fsp3) is 0.857. The molecule has 2 rings (SSSR count). The number of esters is 1. The van der Waals surface area contributed by atoms with Crippen molar-refractivity contribution < 1.29 is 20.3 Å². The Morgan fingerprint density at radius 1 is 1.32 bits per heavy atom. The molecule has 0 saturated carbocycles. The number of hydrogen-bond donors (Lipinski definition) is 0. The van der Waals surface area contributed by atoms with Gasteiger partial charge in [-0.25, -0.2) is 0 Å². The second-order valence-corrected chi connectivity index (χ2v) is 5.68. The summed E-state index contributed by atoms with van der Waals surface area (Å²) in [5.41, 5.74) is 0. The maximum absolute atomic E-state index is 12.1. The Balaban J connectivity index is 0.00000112.